The van der Waals surface area contributed by atoms with Crippen molar-refractivity contribution < 1.29 is 43.2 Å². The molecular formula is C29H57N3O9. The second-order valence-electron chi connectivity index (χ2n) is 10.3. The molecule has 1 amide bonds. The molecule has 1 aliphatic heterocycles. The van der Waals surface area contributed by atoms with Gasteiger partial charge in [0.2, 0.25) is 5.91 Å². The molecule has 1 aliphatic rings. The fraction of sp³-hybridized carbons (Fsp3) is 0.862. The zero-order valence-electron chi connectivity index (χ0n) is 26.3. The van der Waals surface area contributed by atoms with Gasteiger partial charge in [0.25, 0.3) is 0 Å². The molecule has 0 spiro atoms. The van der Waals surface area contributed by atoms with Crippen molar-refractivity contribution in [3.05, 3.63) is 0 Å². The van der Waals surface area contributed by atoms with Gasteiger partial charge in [0.15, 0.2) is 0 Å². The average molecular weight is 592 g/mol. The van der Waals surface area contributed by atoms with Gasteiger partial charge >= 0.3 is 5.97 Å². The van der Waals surface area contributed by atoms with E-state index in [2.05, 4.69) is 17.6 Å². The van der Waals surface area contributed by atoms with E-state index in [1.165, 1.54) is 0 Å². The summed E-state index contributed by atoms with van der Waals surface area (Å²) < 4.78 is 21.5. The van der Waals surface area contributed by atoms with Gasteiger partial charge in [-0.05, 0) is 25.8 Å². The van der Waals surface area contributed by atoms with Crippen LogP contribution in [0.25, 0.3) is 0 Å². The highest BCUT2D eigenvalue weighted by atomic mass is 16.6. The number of rotatable bonds is 21. The van der Waals surface area contributed by atoms with Gasteiger partial charge < -0.3 is 44.4 Å². The van der Waals surface area contributed by atoms with Crippen molar-refractivity contribution in [3.8, 4) is 0 Å². The number of carbonyl (C=O) groups is 4. The molecule has 3 N–H and O–H groups in total. The number of hydrogen-bond acceptors (Lipinski definition) is 10. The van der Waals surface area contributed by atoms with E-state index in [1.807, 2.05) is 39.6 Å². The Morgan fingerprint density at radius 3 is 1.83 bits per heavy atom. The Morgan fingerprint density at radius 1 is 0.902 bits per heavy atom. The van der Waals surface area contributed by atoms with E-state index in [-0.39, 0.29) is 37.1 Å². The summed E-state index contributed by atoms with van der Waals surface area (Å²) in [5.41, 5.74) is 0. The van der Waals surface area contributed by atoms with Crippen LogP contribution in [0.15, 0.2) is 0 Å². The van der Waals surface area contributed by atoms with Gasteiger partial charge in [0, 0.05) is 38.0 Å². The van der Waals surface area contributed by atoms with Gasteiger partial charge in [-0.25, -0.2) is 0 Å². The van der Waals surface area contributed by atoms with Crippen LogP contribution in [-0.4, -0.2) is 126 Å². The lowest BCUT2D eigenvalue weighted by atomic mass is 9.99. The van der Waals surface area contributed by atoms with Crippen molar-refractivity contribution in [3.63, 3.8) is 0 Å². The van der Waals surface area contributed by atoms with E-state index < -0.39 is 5.97 Å². The lowest BCUT2D eigenvalue weighted by Gasteiger charge is -2.30. The lowest BCUT2D eigenvalue weighted by Crippen LogP contribution is -2.40. The minimum atomic E-state index is -0.924. The predicted molar refractivity (Wildman–Crippen MR) is 158 cm³/mol. The zero-order valence-corrected chi connectivity index (χ0v) is 26.3. The van der Waals surface area contributed by atoms with Crippen molar-refractivity contribution >= 4 is 23.9 Å². The molecule has 0 atom stereocenters. The number of aliphatic carboxylic acids is 1. The van der Waals surface area contributed by atoms with E-state index >= 15 is 0 Å². The van der Waals surface area contributed by atoms with Crippen LogP contribution in [-0.2, 0) is 38.1 Å². The molecular weight excluding hydrogens is 534 g/mol. The van der Waals surface area contributed by atoms with Crippen LogP contribution in [0.2, 0.25) is 0 Å². The van der Waals surface area contributed by atoms with Crippen LogP contribution in [0, 0.1) is 11.8 Å². The number of ketones is 1. The number of nitrogens with one attached hydrogen (secondary N) is 2. The first-order valence-corrected chi connectivity index (χ1v) is 14.7. The van der Waals surface area contributed by atoms with Gasteiger partial charge in [-0.15, -0.1) is 0 Å². The molecule has 0 saturated carbocycles. The number of ether oxygens (including phenoxy) is 4. The van der Waals surface area contributed by atoms with Crippen molar-refractivity contribution in [2.45, 2.75) is 66.3 Å². The molecule has 0 aromatic heterocycles. The van der Waals surface area contributed by atoms with E-state index in [0.717, 1.165) is 38.4 Å². The maximum Gasteiger partial charge on any atom is 0.303 e. The van der Waals surface area contributed by atoms with E-state index in [9.17, 15) is 19.2 Å². The van der Waals surface area contributed by atoms with Crippen LogP contribution in [0.5, 0.6) is 0 Å². The number of amides is 1. The highest BCUT2D eigenvalue weighted by molar-refractivity contribution is 5.82. The van der Waals surface area contributed by atoms with Crippen LogP contribution in [0.3, 0.4) is 0 Å². The number of carboxylic acid groups (broad SMARTS) is 1. The first kappa shape index (κ1) is 41.2. The summed E-state index contributed by atoms with van der Waals surface area (Å²) in [6, 6.07) is 0.405. The highest BCUT2D eigenvalue weighted by Crippen LogP contribution is 2.15. The summed E-state index contributed by atoms with van der Waals surface area (Å²) >= 11 is 0. The van der Waals surface area contributed by atoms with Gasteiger partial charge in [0.1, 0.15) is 18.7 Å². The smallest absolute Gasteiger partial charge is 0.303 e. The normalized spacial score (nSPS) is 13.3. The molecule has 1 saturated heterocycles. The van der Waals surface area contributed by atoms with Crippen LogP contribution in [0.1, 0.15) is 60.3 Å². The molecule has 12 heteroatoms. The number of carbonyl (C=O) groups excluding carboxylic acids is 3. The van der Waals surface area contributed by atoms with Crippen LogP contribution in [0.4, 0.5) is 0 Å². The van der Waals surface area contributed by atoms with Gasteiger partial charge in [-0.3, -0.25) is 14.4 Å². The number of nitrogens with zero attached hydrogens (tertiary/aromatic N) is 1. The summed E-state index contributed by atoms with van der Waals surface area (Å²) in [5.74, 6) is 0.334. The fourth-order valence-electron chi connectivity index (χ4n) is 3.03. The molecule has 12 nitrogen and oxygen atoms in total. The maximum atomic E-state index is 11.9. The molecule has 1 fully saturated rings. The summed E-state index contributed by atoms with van der Waals surface area (Å²) in [6.45, 7) is 17.2. The Labute approximate surface area is 247 Å². The molecule has 0 aromatic rings. The Kier molecular flexibility index (Phi) is 29.7. The molecule has 0 aliphatic carbocycles. The summed E-state index contributed by atoms with van der Waals surface area (Å²) in [4.78, 5) is 43.9. The Hall–Kier alpha value is -1.96. The minimum absolute atomic E-state index is 0.0521. The second kappa shape index (κ2) is 29.5. The molecule has 0 bridgehead atoms. The second-order valence-corrected chi connectivity index (χ2v) is 10.3. The number of piperidine rings is 1. The van der Waals surface area contributed by atoms with Crippen LogP contribution >= 0.6 is 0 Å². The van der Waals surface area contributed by atoms with Crippen molar-refractivity contribution in [2.24, 2.45) is 11.8 Å². The van der Waals surface area contributed by atoms with E-state index in [4.69, 9.17) is 24.1 Å². The quantitative estimate of drug-likeness (QED) is 0.132. The Balaban J connectivity index is 0. The SMILES string of the molecule is CC(C)NCC(=O)C(C)C.CNCCOCCOCCOCCOCC(=O)N1CCC(C)CC1.O=CCCC(=O)O. The number of carboxylic acids is 1. The van der Waals surface area contributed by atoms with Gasteiger partial charge in [0.05, 0.1) is 59.2 Å². The van der Waals surface area contributed by atoms with E-state index in [0.29, 0.717) is 65.1 Å². The molecule has 0 unspecified atom stereocenters. The number of hydrogen-bond donors (Lipinski definition) is 3. The standard InChI is InChI=1S/C17H34N2O5.C8H17NO.C4H6O3/c1-16-3-6-19(7-4-16)17(20)15-24-14-13-23-12-11-22-10-9-21-8-5-18-2;1-6(2)8(10)5-9-7(3)4;5-3-1-2-4(6)7/h16,18H,3-15H2,1-2H3;6-7,9H,5H2,1-4H3;3H,1-2H2,(H,6,7). The third-order valence-electron chi connectivity index (χ3n) is 5.78. The van der Waals surface area contributed by atoms with Gasteiger partial charge in [-0.2, -0.15) is 0 Å². The highest BCUT2D eigenvalue weighted by Gasteiger charge is 2.19. The Bertz CT molecular complexity index is 655. The molecule has 1 heterocycles. The molecule has 0 radical (unpaired) electrons. The summed E-state index contributed by atoms with van der Waals surface area (Å²) in [5, 5.41) is 14.0. The molecule has 242 valence electrons. The molecule has 41 heavy (non-hydrogen) atoms. The topological polar surface area (TPSA) is 153 Å². The van der Waals surface area contributed by atoms with Gasteiger partial charge in [-0.1, -0.05) is 34.6 Å². The third kappa shape index (κ3) is 30.8. The first-order chi connectivity index (χ1) is 19.5. The first-order valence-electron chi connectivity index (χ1n) is 14.7. The van der Waals surface area contributed by atoms with E-state index in [1.54, 1.807) is 0 Å². The molecule has 1 rings (SSSR count). The van der Waals surface area contributed by atoms with Crippen molar-refractivity contribution in [2.75, 3.05) is 86.1 Å². The summed E-state index contributed by atoms with van der Waals surface area (Å²) in [6.07, 6.45) is 2.84. The fourth-order valence-corrected chi connectivity index (χ4v) is 3.03. The number of likely N-dealkylation sites (tertiary alicyclic amines) is 1. The lowest BCUT2D eigenvalue weighted by molar-refractivity contribution is -0.138. The number of likely N-dealkylation sites (N-methyl/N-ethyl adjacent to an activating group) is 1. The maximum absolute atomic E-state index is 11.9. The predicted octanol–water partition coefficient (Wildman–Crippen LogP) is 1.79. The zero-order chi connectivity index (χ0) is 31.3. The number of Topliss-reactive ketones (excluding diaryl/α,β-unsaturated/α-hetero) is 1. The van der Waals surface area contributed by atoms with Crippen LogP contribution < -0.4 is 10.6 Å². The minimum Gasteiger partial charge on any atom is -0.481 e. The van der Waals surface area contributed by atoms with Crippen molar-refractivity contribution in [1.82, 2.24) is 15.5 Å². The average Bonchev–Trinajstić information content (AvgIpc) is 2.93. The monoisotopic (exact) mass is 591 g/mol. The number of aldehydes is 1. The van der Waals surface area contributed by atoms with Crippen molar-refractivity contribution in [1.29, 1.82) is 0 Å². The summed E-state index contributed by atoms with van der Waals surface area (Å²) in [7, 11) is 1.89. The molecule has 0 aromatic carbocycles. The Morgan fingerprint density at radius 2 is 1.41 bits per heavy atom. The third-order valence-corrected chi connectivity index (χ3v) is 5.78. The largest absolute Gasteiger partial charge is 0.481 e.